The average molecular weight is 377 g/mol. The van der Waals surface area contributed by atoms with E-state index in [4.69, 9.17) is 4.74 Å². The fourth-order valence-electron chi connectivity index (χ4n) is 3.34. The minimum absolute atomic E-state index is 0.00557. The van der Waals surface area contributed by atoms with Gasteiger partial charge in [-0.3, -0.25) is 4.79 Å². The first-order valence-corrected chi connectivity index (χ1v) is 9.52. The van der Waals surface area contributed by atoms with Crippen LogP contribution in [0.5, 0.6) is 5.75 Å². The van der Waals surface area contributed by atoms with Gasteiger partial charge in [0.2, 0.25) is 11.7 Å². The van der Waals surface area contributed by atoms with E-state index >= 15 is 0 Å². The monoisotopic (exact) mass is 377 g/mol. The molecule has 7 heteroatoms. The van der Waals surface area contributed by atoms with E-state index < -0.39 is 0 Å². The molecule has 7 nitrogen and oxygen atoms in total. The van der Waals surface area contributed by atoms with Crippen molar-refractivity contribution in [2.45, 2.75) is 32.4 Å². The summed E-state index contributed by atoms with van der Waals surface area (Å²) in [5.41, 5.74) is 2.07. The molecule has 0 aliphatic carbocycles. The molecule has 1 amide bonds. The molecule has 0 saturated carbocycles. The molecule has 28 heavy (non-hydrogen) atoms. The number of amides is 1. The van der Waals surface area contributed by atoms with Crippen molar-refractivity contribution >= 4 is 5.91 Å². The molecular weight excluding hydrogens is 354 g/mol. The Morgan fingerprint density at radius 2 is 1.89 bits per heavy atom. The maximum Gasteiger partial charge on any atom is 0.246 e. The Kier molecular flexibility index (Phi) is 5.32. The molecule has 0 radical (unpaired) electrons. The number of tetrazole rings is 1. The number of likely N-dealkylation sites (tertiary alicyclic amines) is 1. The summed E-state index contributed by atoms with van der Waals surface area (Å²) in [6.45, 7) is 3.50. The molecule has 4 rings (SSSR count). The fraction of sp³-hybridized carbons (Fsp3) is 0.333. The molecule has 0 spiro atoms. The van der Waals surface area contributed by atoms with Crippen LogP contribution in [-0.2, 0) is 11.3 Å². The molecular formula is C21H23N5O2. The minimum Gasteiger partial charge on any atom is -0.490 e. The number of carbonyl (C=O) groups excluding carboxylic acids is 1. The van der Waals surface area contributed by atoms with E-state index in [1.807, 2.05) is 53.4 Å². The molecule has 1 aliphatic rings. The molecule has 1 saturated heterocycles. The zero-order valence-electron chi connectivity index (χ0n) is 15.9. The van der Waals surface area contributed by atoms with Crippen LogP contribution in [0.2, 0.25) is 0 Å². The third kappa shape index (κ3) is 4.36. The smallest absolute Gasteiger partial charge is 0.246 e. The van der Waals surface area contributed by atoms with Crippen LogP contribution < -0.4 is 4.74 Å². The van der Waals surface area contributed by atoms with E-state index in [0.717, 1.165) is 24.2 Å². The Bertz CT molecular complexity index is 933. The molecule has 1 fully saturated rings. The molecule has 0 N–H and O–H groups in total. The fourth-order valence-corrected chi connectivity index (χ4v) is 3.34. The number of ether oxygens (including phenoxy) is 1. The number of nitrogens with zero attached hydrogens (tertiary/aromatic N) is 5. The van der Waals surface area contributed by atoms with E-state index in [1.165, 1.54) is 10.4 Å². The van der Waals surface area contributed by atoms with Gasteiger partial charge < -0.3 is 9.64 Å². The summed E-state index contributed by atoms with van der Waals surface area (Å²) >= 11 is 0. The highest BCUT2D eigenvalue weighted by Gasteiger charge is 2.24. The lowest BCUT2D eigenvalue weighted by molar-refractivity contribution is -0.134. The maximum absolute atomic E-state index is 12.6. The zero-order chi connectivity index (χ0) is 19.3. The minimum atomic E-state index is 0.00557. The first kappa shape index (κ1) is 18.2. The SMILES string of the molecule is Cc1cccc(OC2CCN(C(=O)Cn3nnc(-c4ccccc4)n3)CC2)c1. The Hall–Kier alpha value is -3.22. The van der Waals surface area contributed by atoms with Crippen LogP contribution in [0.1, 0.15) is 18.4 Å². The van der Waals surface area contributed by atoms with Gasteiger partial charge in [0.25, 0.3) is 0 Å². The van der Waals surface area contributed by atoms with Crippen molar-refractivity contribution in [1.29, 1.82) is 0 Å². The second-order valence-electron chi connectivity index (χ2n) is 7.02. The van der Waals surface area contributed by atoms with Gasteiger partial charge >= 0.3 is 0 Å². The Morgan fingerprint density at radius 1 is 1.11 bits per heavy atom. The highest BCUT2D eigenvalue weighted by Crippen LogP contribution is 2.20. The summed E-state index contributed by atoms with van der Waals surface area (Å²) in [5.74, 6) is 1.43. The van der Waals surface area contributed by atoms with Crippen LogP contribution in [0.15, 0.2) is 54.6 Å². The summed E-state index contributed by atoms with van der Waals surface area (Å²) in [6, 6.07) is 17.7. The Balaban J connectivity index is 1.29. The molecule has 144 valence electrons. The zero-order valence-corrected chi connectivity index (χ0v) is 15.9. The Labute approximate surface area is 163 Å². The van der Waals surface area contributed by atoms with Crippen molar-refractivity contribution in [3.63, 3.8) is 0 Å². The van der Waals surface area contributed by atoms with Gasteiger partial charge in [-0.2, -0.15) is 4.80 Å². The predicted octanol–water partition coefficient (Wildman–Crippen LogP) is 2.72. The van der Waals surface area contributed by atoms with E-state index in [9.17, 15) is 4.79 Å². The van der Waals surface area contributed by atoms with Crippen LogP contribution in [-0.4, -0.2) is 50.2 Å². The van der Waals surface area contributed by atoms with Gasteiger partial charge in [0, 0.05) is 31.5 Å². The lowest BCUT2D eigenvalue weighted by atomic mass is 10.1. The van der Waals surface area contributed by atoms with Gasteiger partial charge in [0.05, 0.1) is 0 Å². The third-order valence-electron chi connectivity index (χ3n) is 4.85. The number of rotatable bonds is 5. The molecule has 0 atom stereocenters. The first-order valence-electron chi connectivity index (χ1n) is 9.52. The van der Waals surface area contributed by atoms with E-state index in [1.54, 1.807) is 0 Å². The molecule has 0 bridgehead atoms. The summed E-state index contributed by atoms with van der Waals surface area (Å²) in [5, 5.41) is 12.4. The molecule has 1 aliphatic heterocycles. The number of carbonyl (C=O) groups is 1. The van der Waals surface area contributed by atoms with E-state index in [2.05, 4.69) is 28.4 Å². The normalized spacial score (nSPS) is 14.8. The van der Waals surface area contributed by atoms with Gasteiger partial charge in [-0.25, -0.2) is 0 Å². The van der Waals surface area contributed by atoms with Crippen molar-refractivity contribution in [3.05, 3.63) is 60.2 Å². The van der Waals surface area contributed by atoms with Crippen molar-refractivity contribution in [2.75, 3.05) is 13.1 Å². The van der Waals surface area contributed by atoms with Crippen molar-refractivity contribution in [1.82, 2.24) is 25.1 Å². The summed E-state index contributed by atoms with van der Waals surface area (Å²) in [7, 11) is 0. The van der Waals surface area contributed by atoms with Crippen LogP contribution in [0, 0.1) is 6.92 Å². The van der Waals surface area contributed by atoms with Crippen LogP contribution in [0.4, 0.5) is 0 Å². The predicted molar refractivity (Wildman–Crippen MR) is 105 cm³/mol. The van der Waals surface area contributed by atoms with Crippen LogP contribution >= 0.6 is 0 Å². The van der Waals surface area contributed by atoms with E-state index in [0.29, 0.717) is 18.9 Å². The van der Waals surface area contributed by atoms with Gasteiger partial charge in [-0.15, -0.1) is 10.2 Å². The van der Waals surface area contributed by atoms with Crippen molar-refractivity contribution in [3.8, 4) is 17.1 Å². The number of aryl methyl sites for hydroxylation is 1. The quantitative estimate of drug-likeness (QED) is 0.684. The Morgan fingerprint density at radius 3 is 2.64 bits per heavy atom. The van der Waals surface area contributed by atoms with Crippen LogP contribution in [0.25, 0.3) is 11.4 Å². The molecule has 0 unspecified atom stereocenters. The standard InChI is InChI=1S/C21H23N5O2/c1-16-6-5-9-19(14-16)28-18-10-12-25(13-11-18)20(27)15-26-23-21(22-24-26)17-7-3-2-4-8-17/h2-9,14,18H,10-13,15H2,1H3. The molecule has 2 aromatic carbocycles. The van der Waals surface area contributed by atoms with Crippen LogP contribution in [0.3, 0.4) is 0 Å². The van der Waals surface area contributed by atoms with Crippen molar-refractivity contribution in [2.24, 2.45) is 0 Å². The topological polar surface area (TPSA) is 73.1 Å². The average Bonchev–Trinajstić information content (AvgIpc) is 3.18. The number of piperidine rings is 1. The highest BCUT2D eigenvalue weighted by atomic mass is 16.5. The molecule has 1 aromatic heterocycles. The molecule has 3 aromatic rings. The van der Waals surface area contributed by atoms with Gasteiger partial charge in [0.1, 0.15) is 18.4 Å². The summed E-state index contributed by atoms with van der Waals surface area (Å²) < 4.78 is 6.06. The van der Waals surface area contributed by atoms with Crippen molar-refractivity contribution < 1.29 is 9.53 Å². The van der Waals surface area contributed by atoms with E-state index in [-0.39, 0.29) is 18.6 Å². The number of hydrogen-bond donors (Lipinski definition) is 0. The van der Waals surface area contributed by atoms with Gasteiger partial charge in [-0.1, -0.05) is 42.5 Å². The summed E-state index contributed by atoms with van der Waals surface area (Å²) in [4.78, 5) is 15.8. The first-order chi connectivity index (χ1) is 13.7. The number of hydrogen-bond acceptors (Lipinski definition) is 5. The largest absolute Gasteiger partial charge is 0.490 e. The van der Waals surface area contributed by atoms with Gasteiger partial charge in [0.15, 0.2) is 0 Å². The maximum atomic E-state index is 12.6. The number of benzene rings is 2. The summed E-state index contributed by atoms with van der Waals surface area (Å²) in [6.07, 6.45) is 1.78. The second kappa shape index (κ2) is 8.21. The lowest BCUT2D eigenvalue weighted by Gasteiger charge is -2.32. The lowest BCUT2D eigenvalue weighted by Crippen LogP contribution is -2.43. The number of aromatic nitrogens is 4. The second-order valence-corrected chi connectivity index (χ2v) is 7.02. The highest BCUT2D eigenvalue weighted by molar-refractivity contribution is 5.75. The third-order valence-corrected chi connectivity index (χ3v) is 4.85. The van der Waals surface area contributed by atoms with Gasteiger partial charge in [-0.05, 0) is 29.8 Å². The molecule has 2 heterocycles.